The van der Waals surface area contributed by atoms with Crippen molar-refractivity contribution in [3.63, 3.8) is 0 Å². The van der Waals surface area contributed by atoms with Gasteiger partial charge in [0.2, 0.25) is 10.0 Å². The van der Waals surface area contributed by atoms with Crippen LogP contribution in [0.2, 0.25) is 0 Å². The minimum Gasteiger partial charge on any atom is -0.495 e. The summed E-state index contributed by atoms with van der Waals surface area (Å²) in [7, 11) is -2.39. The van der Waals surface area contributed by atoms with Gasteiger partial charge in [0, 0.05) is 17.1 Å². The summed E-state index contributed by atoms with van der Waals surface area (Å²) in [5.41, 5.74) is -0.315. The van der Waals surface area contributed by atoms with Crippen LogP contribution in [0, 0.1) is 0 Å². The molecule has 0 atom stereocenters. The summed E-state index contributed by atoms with van der Waals surface area (Å²) in [4.78, 5) is 12.5. The van der Waals surface area contributed by atoms with E-state index in [0.717, 1.165) is 25.7 Å². The summed E-state index contributed by atoms with van der Waals surface area (Å²) in [5, 5.41) is 3.00. The minimum absolute atomic E-state index is 0.0266. The molecule has 1 aromatic carbocycles. The maximum atomic E-state index is 12.7. The molecule has 0 aliphatic heterocycles. The van der Waals surface area contributed by atoms with Gasteiger partial charge in [-0.05, 0) is 51.8 Å². The predicted molar refractivity (Wildman–Crippen MR) is 97.4 cm³/mol. The van der Waals surface area contributed by atoms with Crippen molar-refractivity contribution in [2.45, 2.75) is 69.4 Å². The molecule has 0 spiro atoms. The third-order valence-corrected chi connectivity index (χ3v) is 5.88. The fraction of sp³-hybridized carbons (Fsp3) is 0.611. The molecule has 25 heavy (non-hydrogen) atoms. The molecule has 0 saturated heterocycles. The highest BCUT2D eigenvalue weighted by Crippen LogP contribution is 2.26. The normalized spacial score (nSPS) is 16.5. The molecule has 2 rings (SSSR count). The van der Waals surface area contributed by atoms with Gasteiger partial charge in [-0.3, -0.25) is 4.79 Å². The smallest absolute Gasteiger partial charge is 0.251 e. The van der Waals surface area contributed by atoms with Gasteiger partial charge in [0.05, 0.1) is 7.11 Å². The molecule has 0 heterocycles. The molecular weight excluding hydrogens is 340 g/mol. The van der Waals surface area contributed by atoms with Crippen LogP contribution in [0.25, 0.3) is 0 Å². The molecule has 0 bridgehead atoms. The summed E-state index contributed by atoms with van der Waals surface area (Å²) in [6, 6.07) is 4.65. The first kappa shape index (κ1) is 19.7. The van der Waals surface area contributed by atoms with Gasteiger partial charge in [-0.2, -0.15) is 0 Å². The third-order valence-electron chi connectivity index (χ3n) is 4.10. The van der Waals surface area contributed by atoms with Crippen LogP contribution < -0.4 is 14.8 Å². The Hall–Kier alpha value is -1.60. The van der Waals surface area contributed by atoms with Crippen molar-refractivity contribution in [1.29, 1.82) is 0 Å². The fourth-order valence-corrected chi connectivity index (χ4v) is 4.62. The van der Waals surface area contributed by atoms with Crippen LogP contribution in [0.4, 0.5) is 0 Å². The first-order chi connectivity index (χ1) is 11.6. The topological polar surface area (TPSA) is 84.5 Å². The molecule has 6 nitrogen and oxygen atoms in total. The second-order valence-corrected chi connectivity index (χ2v) is 9.18. The quantitative estimate of drug-likeness (QED) is 0.837. The highest BCUT2D eigenvalue weighted by atomic mass is 32.2. The van der Waals surface area contributed by atoms with Crippen LogP contribution >= 0.6 is 0 Å². The van der Waals surface area contributed by atoms with Crippen molar-refractivity contribution in [2.24, 2.45) is 0 Å². The average Bonchev–Trinajstić information content (AvgIpc) is 2.53. The van der Waals surface area contributed by atoms with E-state index < -0.39 is 15.6 Å². The molecule has 140 valence electrons. The Balaban J connectivity index is 2.28. The number of sulfonamides is 1. The molecule has 1 aliphatic rings. The van der Waals surface area contributed by atoms with E-state index in [1.165, 1.54) is 25.7 Å². The lowest BCUT2D eigenvalue weighted by Crippen LogP contribution is -2.40. The summed E-state index contributed by atoms with van der Waals surface area (Å²) < 4.78 is 33.1. The maximum absolute atomic E-state index is 12.7. The van der Waals surface area contributed by atoms with E-state index in [0.29, 0.717) is 5.56 Å². The van der Waals surface area contributed by atoms with Crippen LogP contribution in [0.5, 0.6) is 5.75 Å². The lowest BCUT2D eigenvalue weighted by molar-refractivity contribution is 0.0927. The van der Waals surface area contributed by atoms with E-state index in [1.54, 1.807) is 26.8 Å². The number of carbonyl (C=O) groups excluding carboxylic acids is 1. The van der Waals surface area contributed by atoms with Crippen molar-refractivity contribution >= 4 is 15.9 Å². The van der Waals surface area contributed by atoms with E-state index in [1.807, 2.05) is 0 Å². The molecule has 0 radical (unpaired) electrons. The van der Waals surface area contributed by atoms with Crippen LogP contribution in [0.15, 0.2) is 23.1 Å². The molecule has 1 fully saturated rings. The Morgan fingerprint density at radius 2 is 1.80 bits per heavy atom. The summed E-state index contributed by atoms with van der Waals surface area (Å²) in [5.74, 6) is -0.0345. The fourth-order valence-electron chi connectivity index (χ4n) is 3.00. The van der Waals surface area contributed by atoms with Gasteiger partial charge in [0.1, 0.15) is 10.6 Å². The van der Waals surface area contributed by atoms with Crippen LogP contribution in [-0.2, 0) is 10.0 Å². The lowest BCUT2D eigenvalue weighted by Gasteiger charge is -2.23. The highest BCUT2D eigenvalue weighted by molar-refractivity contribution is 7.89. The summed E-state index contributed by atoms with van der Waals surface area (Å²) >= 11 is 0. The number of hydrogen-bond acceptors (Lipinski definition) is 4. The van der Waals surface area contributed by atoms with Crippen molar-refractivity contribution in [3.8, 4) is 5.75 Å². The molecule has 1 aliphatic carbocycles. The van der Waals surface area contributed by atoms with Crippen molar-refractivity contribution in [2.75, 3.05) is 7.11 Å². The van der Waals surface area contributed by atoms with Gasteiger partial charge in [-0.15, -0.1) is 0 Å². The second kappa shape index (κ2) is 7.74. The standard InChI is InChI=1S/C18H28N2O4S/c1-18(2,3)20-25(22,23)16-12-13(10-11-15(16)24-4)17(21)19-14-8-6-5-7-9-14/h10-12,14,20H,5-9H2,1-4H3,(H,19,21). The van der Waals surface area contributed by atoms with Crippen LogP contribution in [-0.4, -0.2) is 33.0 Å². The van der Waals surface area contributed by atoms with Gasteiger partial charge in [-0.25, -0.2) is 13.1 Å². The maximum Gasteiger partial charge on any atom is 0.251 e. The van der Waals surface area contributed by atoms with Gasteiger partial charge in [-0.1, -0.05) is 19.3 Å². The molecule has 0 unspecified atom stereocenters. The second-order valence-electron chi connectivity index (χ2n) is 7.53. The highest BCUT2D eigenvalue weighted by Gasteiger charge is 2.27. The van der Waals surface area contributed by atoms with E-state index in [2.05, 4.69) is 10.0 Å². The Morgan fingerprint density at radius 3 is 2.36 bits per heavy atom. The largest absolute Gasteiger partial charge is 0.495 e. The number of carbonyl (C=O) groups is 1. The zero-order valence-electron chi connectivity index (χ0n) is 15.4. The number of ether oxygens (including phenoxy) is 1. The van der Waals surface area contributed by atoms with E-state index in [-0.39, 0.29) is 22.6 Å². The molecular formula is C18H28N2O4S. The van der Waals surface area contributed by atoms with E-state index in [9.17, 15) is 13.2 Å². The van der Waals surface area contributed by atoms with E-state index in [4.69, 9.17) is 4.74 Å². The van der Waals surface area contributed by atoms with Crippen LogP contribution in [0.3, 0.4) is 0 Å². The molecule has 0 aromatic heterocycles. The third kappa shape index (κ3) is 5.44. The Bertz CT molecular complexity index is 717. The van der Waals surface area contributed by atoms with Gasteiger partial charge >= 0.3 is 0 Å². The van der Waals surface area contributed by atoms with Gasteiger partial charge < -0.3 is 10.1 Å². The monoisotopic (exact) mass is 368 g/mol. The van der Waals surface area contributed by atoms with Crippen LogP contribution in [0.1, 0.15) is 63.2 Å². The lowest BCUT2D eigenvalue weighted by atomic mass is 9.95. The van der Waals surface area contributed by atoms with Crippen molar-refractivity contribution in [3.05, 3.63) is 23.8 Å². The summed E-state index contributed by atoms with van der Waals surface area (Å²) in [6.07, 6.45) is 5.37. The van der Waals surface area contributed by atoms with Gasteiger partial charge in [0.15, 0.2) is 0 Å². The predicted octanol–water partition coefficient (Wildman–Crippen LogP) is 2.83. The number of nitrogens with one attached hydrogen (secondary N) is 2. The molecule has 7 heteroatoms. The average molecular weight is 368 g/mol. The number of hydrogen-bond donors (Lipinski definition) is 2. The first-order valence-corrected chi connectivity index (χ1v) is 10.1. The number of amides is 1. The first-order valence-electron chi connectivity index (χ1n) is 8.65. The Kier molecular flexibility index (Phi) is 6.11. The van der Waals surface area contributed by atoms with E-state index >= 15 is 0 Å². The molecule has 1 amide bonds. The molecule has 1 saturated carbocycles. The van der Waals surface area contributed by atoms with Gasteiger partial charge in [0.25, 0.3) is 5.91 Å². The number of rotatable bonds is 5. The Labute approximate surface area is 150 Å². The molecule has 2 N–H and O–H groups in total. The zero-order chi connectivity index (χ0) is 18.7. The minimum atomic E-state index is -3.80. The summed E-state index contributed by atoms with van der Waals surface area (Å²) in [6.45, 7) is 5.28. The number of methoxy groups -OCH3 is 1. The van der Waals surface area contributed by atoms with Crippen molar-refractivity contribution in [1.82, 2.24) is 10.0 Å². The molecule has 1 aromatic rings. The van der Waals surface area contributed by atoms with Crippen molar-refractivity contribution < 1.29 is 17.9 Å². The zero-order valence-corrected chi connectivity index (χ0v) is 16.2. The number of benzene rings is 1. The Morgan fingerprint density at radius 1 is 1.16 bits per heavy atom. The SMILES string of the molecule is COc1ccc(C(=O)NC2CCCCC2)cc1S(=O)(=O)NC(C)(C)C.